The minimum atomic E-state index is -1.24. The summed E-state index contributed by atoms with van der Waals surface area (Å²) in [7, 11) is 0. The van der Waals surface area contributed by atoms with E-state index >= 15 is 0 Å². The highest BCUT2D eigenvalue weighted by molar-refractivity contribution is 4.82. The van der Waals surface area contributed by atoms with E-state index in [1.165, 1.54) is 0 Å². The minimum Gasteiger partial charge on any atom is -0.396 e. The Kier molecular flexibility index (Phi) is 17.1. The highest BCUT2D eigenvalue weighted by Crippen LogP contribution is 2.23. The van der Waals surface area contributed by atoms with Crippen LogP contribution in [0.4, 0.5) is 0 Å². The molecule has 0 aromatic rings. The quantitative estimate of drug-likeness (QED) is 0.113. The van der Waals surface area contributed by atoms with Crippen LogP contribution in [-0.4, -0.2) is 132 Å². The molecule has 0 aromatic heterocycles. The first-order valence-corrected chi connectivity index (χ1v) is 10.1. The van der Waals surface area contributed by atoms with E-state index in [2.05, 4.69) is 0 Å². The van der Waals surface area contributed by atoms with Crippen molar-refractivity contribution >= 4 is 0 Å². The van der Waals surface area contributed by atoms with Gasteiger partial charge in [0.1, 0.15) is 0 Å². The third-order valence-electron chi connectivity index (χ3n) is 4.79. The van der Waals surface area contributed by atoms with E-state index in [-0.39, 0.29) is 38.4 Å². The smallest absolute Gasteiger partial charge is 0.0632 e. The van der Waals surface area contributed by atoms with Gasteiger partial charge in [0, 0.05) is 6.61 Å². The van der Waals surface area contributed by atoms with Crippen molar-refractivity contribution in [1.29, 1.82) is 0 Å². The third kappa shape index (κ3) is 12.4. The largest absolute Gasteiger partial charge is 0.396 e. The summed E-state index contributed by atoms with van der Waals surface area (Å²) in [5.74, 6) is 0. The van der Waals surface area contributed by atoms with Crippen LogP contribution in [-0.2, 0) is 9.47 Å². The second-order valence-corrected chi connectivity index (χ2v) is 9.47. The van der Waals surface area contributed by atoms with Gasteiger partial charge in [0.25, 0.3) is 0 Å². The predicted molar refractivity (Wildman–Crippen MR) is 112 cm³/mol. The van der Waals surface area contributed by atoms with Crippen molar-refractivity contribution in [3.8, 4) is 0 Å². The van der Waals surface area contributed by atoms with E-state index < -0.39 is 69.1 Å². The fraction of sp³-hybridized carbons (Fsp3) is 1.00. The summed E-state index contributed by atoms with van der Waals surface area (Å²) in [5.41, 5.74) is -3.59. The van der Waals surface area contributed by atoms with E-state index in [4.69, 9.17) is 14.6 Å². The van der Waals surface area contributed by atoms with Gasteiger partial charge in [-0.15, -0.1) is 0 Å². The molecule has 0 aliphatic carbocycles. The molecule has 11 nitrogen and oxygen atoms in total. The Labute approximate surface area is 184 Å². The normalized spacial score (nSPS) is 13.2. The molecule has 0 heterocycles. The molecule has 0 spiro atoms. The molecule has 0 bridgehead atoms. The van der Waals surface area contributed by atoms with Crippen LogP contribution in [0.2, 0.25) is 0 Å². The van der Waals surface area contributed by atoms with Crippen LogP contribution in [0, 0.1) is 21.7 Å². The zero-order valence-corrected chi connectivity index (χ0v) is 19.0. The van der Waals surface area contributed by atoms with Crippen molar-refractivity contribution in [3.05, 3.63) is 0 Å². The molecular formula is C20H44O11. The SMILES string of the molecule is CC(C)(C)CO.OCC(CO)(CO)COCC(CO)(CO)COCC(CO)(CO)CO. The fourth-order valence-corrected chi connectivity index (χ4v) is 1.82. The molecule has 0 saturated heterocycles. The van der Waals surface area contributed by atoms with Crippen LogP contribution < -0.4 is 0 Å². The maximum absolute atomic E-state index is 9.56. The molecule has 0 saturated carbocycles. The number of aliphatic hydroxyl groups excluding tert-OH is 9. The molecule has 0 fully saturated rings. The minimum absolute atomic E-state index is 0.0972. The monoisotopic (exact) mass is 460 g/mol. The van der Waals surface area contributed by atoms with Crippen LogP contribution in [0.3, 0.4) is 0 Å². The molecule has 190 valence electrons. The average molecular weight is 461 g/mol. The topological polar surface area (TPSA) is 201 Å². The van der Waals surface area contributed by atoms with E-state index in [1.54, 1.807) is 0 Å². The number of ether oxygens (including phenoxy) is 2. The Balaban J connectivity index is 0. The average Bonchev–Trinajstić information content (AvgIpc) is 2.79. The summed E-state index contributed by atoms with van der Waals surface area (Å²) >= 11 is 0. The molecule has 0 radical (unpaired) electrons. The first-order valence-electron chi connectivity index (χ1n) is 10.1. The predicted octanol–water partition coefficient (Wildman–Crippen LogP) is -3.06. The van der Waals surface area contributed by atoms with Crippen molar-refractivity contribution in [1.82, 2.24) is 0 Å². The highest BCUT2D eigenvalue weighted by atomic mass is 16.5. The lowest BCUT2D eigenvalue weighted by Gasteiger charge is -2.34. The molecule has 0 atom stereocenters. The van der Waals surface area contributed by atoms with Gasteiger partial charge in [-0.25, -0.2) is 0 Å². The summed E-state index contributed by atoms with van der Waals surface area (Å²) in [5, 5.41) is 83.0. The first-order chi connectivity index (χ1) is 14.5. The molecular weight excluding hydrogens is 416 g/mol. The molecule has 0 aliphatic rings. The fourth-order valence-electron chi connectivity index (χ4n) is 1.82. The zero-order valence-electron chi connectivity index (χ0n) is 19.0. The number of aliphatic hydroxyl groups is 9. The second kappa shape index (κ2) is 16.2. The van der Waals surface area contributed by atoms with Crippen molar-refractivity contribution in [2.24, 2.45) is 21.7 Å². The van der Waals surface area contributed by atoms with Crippen LogP contribution in [0.5, 0.6) is 0 Å². The van der Waals surface area contributed by atoms with Crippen LogP contribution in [0.1, 0.15) is 20.8 Å². The molecule has 0 unspecified atom stereocenters. The van der Waals surface area contributed by atoms with E-state index in [0.29, 0.717) is 0 Å². The van der Waals surface area contributed by atoms with Gasteiger partial charge >= 0.3 is 0 Å². The molecule has 0 aromatic carbocycles. The maximum Gasteiger partial charge on any atom is 0.0632 e. The van der Waals surface area contributed by atoms with Crippen molar-refractivity contribution < 1.29 is 55.4 Å². The summed E-state index contributed by atoms with van der Waals surface area (Å²) < 4.78 is 10.7. The molecule has 0 rings (SSSR count). The van der Waals surface area contributed by atoms with Gasteiger partial charge in [-0.2, -0.15) is 0 Å². The lowest BCUT2D eigenvalue weighted by Crippen LogP contribution is -2.45. The van der Waals surface area contributed by atoms with Crippen LogP contribution in [0.15, 0.2) is 0 Å². The van der Waals surface area contributed by atoms with E-state index in [0.717, 1.165) is 0 Å². The number of hydrogen-bond donors (Lipinski definition) is 9. The van der Waals surface area contributed by atoms with Gasteiger partial charge in [0.15, 0.2) is 0 Å². The van der Waals surface area contributed by atoms with Gasteiger partial charge in [0.05, 0.1) is 95.5 Å². The Morgan fingerprint density at radius 3 is 0.742 bits per heavy atom. The Morgan fingerprint density at radius 1 is 0.387 bits per heavy atom. The van der Waals surface area contributed by atoms with Crippen molar-refractivity contribution in [2.75, 3.05) is 85.9 Å². The zero-order chi connectivity index (χ0) is 24.6. The third-order valence-corrected chi connectivity index (χ3v) is 4.79. The van der Waals surface area contributed by atoms with Crippen LogP contribution >= 0.6 is 0 Å². The lowest BCUT2D eigenvalue weighted by molar-refractivity contribution is -0.127. The maximum atomic E-state index is 9.56. The van der Waals surface area contributed by atoms with Gasteiger partial charge in [0.2, 0.25) is 0 Å². The van der Waals surface area contributed by atoms with E-state index in [9.17, 15) is 40.9 Å². The second-order valence-electron chi connectivity index (χ2n) is 9.47. The van der Waals surface area contributed by atoms with Crippen molar-refractivity contribution in [3.63, 3.8) is 0 Å². The van der Waals surface area contributed by atoms with E-state index in [1.807, 2.05) is 20.8 Å². The number of rotatable bonds is 16. The van der Waals surface area contributed by atoms with Gasteiger partial charge in [-0.3, -0.25) is 0 Å². The van der Waals surface area contributed by atoms with Crippen LogP contribution in [0.25, 0.3) is 0 Å². The molecule has 9 N–H and O–H groups in total. The van der Waals surface area contributed by atoms with Crippen molar-refractivity contribution in [2.45, 2.75) is 20.8 Å². The van der Waals surface area contributed by atoms with Gasteiger partial charge in [-0.1, -0.05) is 20.8 Å². The summed E-state index contributed by atoms with van der Waals surface area (Å²) in [4.78, 5) is 0. The highest BCUT2D eigenvalue weighted by Gasteiger charge is 2.35. The standard InChI is InChI=1S/C15H32O10.C5H12O/c16-1-13(2-17,3-18)9-24-11-15(7-22,8-23)12-25-10-14(4-19,5-20)6-21;1-5(2,3)4-6/h16-23H,1-12H2;6H,4H2,1-3H3. The summed E-state index contributed by atoms with van der Waals surface area (Å²) in [6.07, 6.45) is 0. The Bertz CT molecular complexity index is 369. The summed E-state index contributed by atoms with van der Waals surface area (Å²) in [6.45, 7) is 1.43. The van der Waals surface area contributed by atoms with Gasteiger partial charge in [-0.05, 0) is 5.41 Å². The first kappa shape index (κ1) is 32.7. The molecule has 31 heavy (non-hydrogen) atoms. The van der Waals surface area contributed by atoms with Gasteiger partial charge < -0.3 is 55.4 Å². The Hall–Kier alpha value is -0.440. The molecule has 0 amide bonds. The molecule has 11 heteroatoms. The lowest BCUT2D eigenvalue weighted by atomic mass is 9.90. The Morgan fingerprint density at radius 2 is 0.581 bits per heavy atom. The number of hydrogen-bond acceptors (Lipinski definition) is 11. The summed E-state index contributed by atoms with van der Waals surface area (Å²) in [6, 6.07) is 0. The molecule has 0 aliphatic heterocycles.